The Morgan fingerprint density at radius 1 is 1.10 bits per heavy atom. The van der Waals surface area contributed by atoms with E-state index in [0.717, 1.165) is 55.7 Å². The lowest BCUT2D eigenvalue weighted by atomic mass is 9.65. The Labute approximate surface area is 178 Å². The van der Waals surface area contributed by atoms with Crippen LogP contribution in [0, 0.1) is 18.3 Å². The number of terminal acetylenes is 1. The summed E-state index contributed by atoms with van der Waals surface area (Å²) in [5, 5.41) is 12.1. The Balaban J connectivity index is 1.62. The van der Waals surface area contributed by atoms with Crippen LogP contribution in [0.4, 0.5) is 5.69 Å². The topological polar surface area (TPSA) is 43.8 Å². The van der Waals surface area contributed by atoms with E-state index in [9.17, 15) is 9.90 Å². The third-order valence-electron chi connectivity index (χ3n) is 7.23. The molecule has 2 aromatic carbocycles. The van der Waals surface area contributed by atoms with Gasteiger partial charge in [-0.3, -0.25) is 9.69 Å². The Morgan fingerprint density at radius 3 is 2.53 bits per heavy atom. The highest BCUT2D eigenvalue weighted by Gasteiger charge is 2.54. The van der Waals surface area contributed by atoms with Crippen LogP contribution in [0.2, 0.25) is 0 Å². The van der Waals surface area contributed by atoms with E-state index in [0.29, 0.717) is 12.8 Å². The fourth-order valence-electron chi connectivity index (χ4n) is 5.72. The molecule has 1 unspecified atom stereocenters. The molecule has 2 bridgehead atoms. The van der Waals surface area contributed by atoms with Crippen molar-refractivity contribution in [2.75, 3.05) is 24.5 Å². The molecule has 0 aliphatic carbocycles. The molecule has 0 spiro atoms. The first-order chi connectivity index (χ1) is 14.6. The lowest BCUT2D eigenvalue weighted by Crippen LogP contribution is -2.63. The molecule has 4 heteroatoms. The molecule has 4 aliphatic heterocycles. The monoisotopic (exact) mass is 400 g/mol. The summed E-state index contributed by atoms with van der Waals surface area (Å²) in [6, 6.07) is 16.1. The Morgan fingerprint density at radius 2 is 1.87 bits per heavy atom. The highest BCUT2D eigenvalue weighted by atomic mass is 16.3. The molecule has 0 aromatic heterocycles. The largest absolute Gasteiger partial charge is 0.382 e. The number of aliphatic hydroxyl groups is 1. The molecule has 2 aromatic rings. The van der Waals surface area contributed by atoms with Crippen LogP contribution in [0.25, 0.3) is 0 Å². The van der Waals surface area contributed by atoms with Crippen LogP contribution < -0.4 is 4.90 Å². The molecule has 0 radical (unpaired) electrons. The van der Waals surface area contributed by atoms with E-state index in [1.165, 1.54) is 5.56 Å². The van der Waals surface area contributed by atoms with Crippen molar-refractivity contribution in [1.82, 2.24) is 4.90 Å². The van der Waals surface area contributed by atoms with Gasteiger partial charge in [-0.1, -0.05) is 42.3 Å². The Kier molecular flexibility index (Phi) is 4.89. The lowest BCUT2D eigenvalue weighted by molar-refractivity contribution is -0.143. The zero-order chi connectivity index (χ0) is 20.7. The van der Waals surface area contributed by atoms with E-state index in [1.807, 2.05) is 35.2 Å². The van der Waals surface area contributed by atoms with Gasteiger partial charge in [-0.15, -0.1) is 6.42 Å². The lowest BCUT2D eigenvalue weighted by Gasteiger charge is -2.55. The minimum absolute atomic E-state index is 0.164. The maximum Gasteiger partial charge on any atom is 0.227 e. The van der Waals surface area contributed by atoms with Gasteiger partial charge in [-0.25, -0.2) is 0 Å². The van der Waals surface area contributed by atoms with E-state index in [4.69, 9.17) is 6.42 Å². The summed E-state index contributed by atoms with van der Waals surface area (Å²) >= 11 is 0. The van der Waals surface area contributed by atoms with Crippen LogP contribution >= 0.6 is 0 Å². The van der Waals surface area contributed by atoms with Gasteiger partial charge >= 0.3 is 0 Å². The zero-order valence-electron chi connectivity index (χ0n) is 17.3. The molecule has 30 heavy (non-hydrogen) atoms. The van der Waals surface area contributed by atoms with Crippen molar-refractivity contribution in [3.8, 4) is 12.3 Å². The van der Waals surface area contributed by atoms with E-state index in [2.05, 4.69) is 29.0 Å². The predicted octanol–water partition coefficient (Wildman–Crippen LogP) is 3.32. The van der Waals surface area contributed by atoms with Crippen molar-refractivity contribution in [3.05, 3.63) is 65.2 Å². The molecule has 0 saturated carbocycles. The molecule has 6 rings (SSSR count). The van der Waals surface area contributed by atoms with Crippen molar-refractivity contribution in [3.63, 3.8) is 0 Å². The fraction of sp³-hybridized carbons (Fsp3) is 0.423. The molecule has 4 nitrogen and oxygen atoms in total. The number of fused-ring (bicyclic) bond motifs is 3. The smallest absolute Gasteiger partial charge is 0.227 e. The molecule has 154 valence electrons. The minimum Gasteiger partial charge on any atom is -0.382 e. The number of piperidine rings is 3. The van der Waals surface area contributed by atoms with Crippen LogP contribution in [-0.4, -0.2) is 41.6 Å². The minimum atomic E-state index is -1.05. The highest BCUT2D eigenvalue weighted by molar-refractivity contribution is 5.95. The highest BCUT2D eigenvalue weighted by Crippen LogP contribution is 2.48. The van der Waals surface area contributed by atoms with Gasteiger partial charge in [-0.2, -0.15) is 0 Å². The van der Waals surface area contributed by atoms with Crippen LogP contribution in [0.3, 0.4) is 0 Å². The van der Waals surface area contributed by atoms with Crippen molar-refractivity contribution in [2.45, 2.75) is 43.7 Å². The first kappa shape index (κ1) is 19.4. The average molecular weight is 401 g/mol. The summed E-state index contributed by atoms with van der Waals surface area (Å²) in [6.07, 6.45) is 10.1. The molecular weight excluding hydrogens is 372 g/mol. The van der Waals surface area contributed by atoms with Gasteiger partial charge in [0.25, 0.3) is 0 Å². The summed E-state index contributed by atoms with van der Waals surface area (Å²) in [4.78, 5) is 16.5. The first-order valence-electron chi connectivity index (χ1n) is 11.0. The molecule has 1 N–H and O–H groups in total. The van der Waals surface area contributed by atoms with E-state index < -0.39 is 5.60 Å². The van der Waals surface area contributed by atoms with Gasteiger partial charge in [0, 0.05) is 18.7 Å². The summed E-state index contributed by atoms with van der Waals surface area (Å²) in [5.74, 6) is 3.25. The number of rotatable bonds is 4. The average Bonchev–Trinajstić information content (AvgIpc) is 3.21. The van der Waals surface area contributed by atoms with Crippen molar-refractivity contribution >= 4 is 11.6 Å². The number of benzene rings is 2. The summed E-state index contributed by atoms with van der Waals surface area (Å²) in [6.45, 7) is 2.67. The molecular formula is C26H28N2O2. The standard InChI is InChI=1S/C26H28N2O2/c1-2-24-26(30,21-12-15-27(24)16-13-21)23-11-10-22(28-14-6-9-25(28)29)18-20(23)17-19-7-4-3-5-8-19/h1,3-5,7-8,10-11,18,21,24,30H,6,9,12-17H2/t24?,26-/m1/s1. The zero-order valence-corrected chi connectivity index (χ0v) is 17.3. The normalized spacial score (nSPS) is 30.5. The van der Waals surface area contributed by atoms with Crippen LogP contribution in [0.5, 0.6) is 0 Å². The van der Waals surface area contributed by atoms with Crippen molar-refractivity contribution in [2.24, 2.45) is 5.92 Å². The Bertz CT molecular complexity index is 988. The van der Waals surface area contributed by atoms with Crippen LogP contribution in [-0.2, 0) is 16.8 Å². The van der Waals surface area contributed by atoms with Gasteiger partial charge in [-0.05, 0) is 73.5 Å². The van der Waals surface area contributed by atoms with E-state index in [-0.39, 0.29) is 17.9 Å². The van der Waals surface area contributed by atoms with E-state index >= 15 is 0 Å². The SMILES string of the molecule is C#CC1N2CCC(CC2)[C@@]1(O)c1ccc(N2CCCC2=O)cc1Cc1ccccc1. The van der Waals surface area contributed by atoms with Crippen molar-refractivity contribution < 1.29 is 9.90 Å². The number of anilines is 1. The quantitative estimate of drug-likeness (QED) is 0.801. The number of carbonyl (C=O) groups is 1. The number of hydrogen-bond donors (Lipinski definition) is 1. The molecule has 2 atom stereocenters. The number of carbonyl (C=O) groups excluding carboxylic acids is 1. The van der Waals surface area contributed by atoms with Gasteiger partial charge in [0.05, 0.1) is 0 Å². The third kappa shape index (κ3) is 3.05. The second kappa shape index (κ2) is 7.58. The van der Waals surface area contributed by atoms with Gasteiger partial charge < -0.3 is 10.0 Å². The molecule has 4 fully saturated rings. The predicted molar refractivity (Wildman–Crippen MR) is 118 cm³/mol. The first-order valence-corrected chi connectivity index (χ1v) is 11.0. The molecule has 4 saturated heterocycles. The van der Waals surface area contributed by atoms with Gasteiger partial charge in [0.2, 0.25) is 5.91 Å². The summed E-state index contributed by atoms with van der Waals surface area (Å²) < 4.78 is 0. The second-order valence-corrected chi connectivity index (χ2v) is 8.86. The number of amides is 1. The molecule has 4 heterocycles. The van der Waals surface area contributed by atoms with Crippen LogP contribution in [0.15, 0.2) is 48.5 Å². The van der Waals surface area contributed by atoms with Crippen LogP contribution in [0.1, 0.15) is 42.4 Å². The molecule has 4 aliphatic rings. The number of nitrogens with zero attached hydrogens (tertiary/aromatic N) is 2. The Hall–Kier alpha value is -2.61. The summed E-state index contributed by atoms with van der Waals surface area (Å²) in [7, 11) is 0. The summed E-state index contributed by atoms with van der Waals surface area (Å²) in [5.41, 5.74) is 3.05. The van der Waals surface area contributed by atoms with Crippen molar-refractivity contribution in [1.29, 1.82) is 0 Å². The van der Waals surface area contributed by atoms with Gasteiger partial charge in [0.1, 0.15) is 11.6 Å². The van der Waals surface area contributed by atoms with E-state index in [1.54, 1.807) is 0 Å². The number of hydrogen-bond acceptors (Lipinski definition) is 3. The second-order valence-electron chi connectivity index (χ2n) is 8.86. The fourth-order valence-corrected chi connectivity index (χ4v) is 5.72. The van der Waals surface area contributed by atoms with Gasteiger partial charge in [0.15, 0.2) is 0 Å². The maximum atomic E-state index is 12.3. The molecule has 1 amide bonds. The maximum absolute atomic E-state index is 12.3. The third-order valence-corrected chi connectivity index (χ3v) is 7.23.